The van der Waals surface area contributed by atoms with Gasteiger partial charge in [-0.25, -0.2) is 4.79 Å². The molecule has 3 amide bonds. The topological polar surface area (TPSA) is 70.2 Å². The number of hydrogen-bond acceptors (Lipinski definition) is 2. The number of benzene rings is 2. The van der Waals surface area contributed by atoms with E-state index in [0.717, 1.165) is 0 Å². The van der Waals surface area contributed by atoms with Crippen LogP contribution in [0.25, 0.3) is 0 Å². The molecule has 0 bridgehead atoms. The van der Waals surface area contributed by atoms with Gasteiger partial charge in [-0.3, -0.25) is 4.79 Å². The molecule has 0 aliphatic heterocycles. The second-order valence-corrected chi connectivity index (χ2v) is 4.95. The van der Waals surface area contributed by atoms with Gasteiger partial charge in [-0.15, -0.1) is 0 Å². The van der Waals surface area contributed by atoms with Crippen molar-refractivity contribution < 1.29 is 9.59 Å². The van der Waals surface area contributed by atoms with E-state index in [9.17, 15) is 9.59 Å². The molecule has 0 aliphatic carbocycles. The summed E-state index contributed by atoms with van der Waals surface area (Å²) in [6, 6.07) is 15.4. The van der Waals surface area contributed by atoms with Crippen LogP contribution in [0.4, 0.5) is 10.5 Å². The van der Waals surface area contributed by atoms with Crippen molar-refractivity contribution >= 4 is 29.2 Å². The Bertz CT molecular complexity index is 630. The second kappa shape index (κ2) is 8.05. The summed E-state index contributed by atoms with van der Waals surface area (Å²) in [6.45, 7) is 0.680. The first-order valence-corrected chi connectivity index (χ1v) is 7.16. The minimum Gasteiger partial charge on any atom is -0.350 e. The van der Waals surface area contributed by atoms with Crippen LogP contribution in [0.1, 0.15) is 10.4 Å². The van der Waals surface area contributed by atoms with Crippen LogP contribution in [-0.2, 0) is 0 Å². The molecular weight excluding hydrogens is 302 g/mol. The third-order valence-corrected chi connectivity index (χ3v) is 3.09. The third-order valence-electron chi connectivity index (χ3n) is 2.83. The summed E-state index contributed by atoms with van der Waals surface area (Å²) in [5, 5.41) is 8.66. The van der Waals surface area contributed by atoms with Crippen molar-refractivity contribution in [3.05, 3.63) is 65.2 Å². The monoisotopic (exact) mass is 317 g/mol. The molecule has 2 rings (SSSR count). The van der Waals surface area contributed by atoms with Crippen molar-refractivity contribution in [1.29, 1.82) is 0 Å². The molecule has 5 nitrogen and oxygen atoms in total. The predicted molar refractivity (Wildman–Crippen MR) is 87.2 cm³/mol. The summed E-state index contributed by atoms with van der Waals surface area (Å²) in [5.41, 5.74) is 1.24. The van der Waals surface area contributed by atoms with E-state index >= 15 is 0 Å². The highest BCUT2D eigenvalue weighted by molar-refractivity contribution is 6.30. The van der Waals surface area contributed by atoms with Gasteiger partial charge in [-0.1, -0.05) is 29.8 Å². The van der Waals surface area contributed by atoms with Gasteiger partial charge in [0, 0.05) is 29.4 Å². The molecule has 0 fully saturated rings. The van der Waals surface area contributed by atoms with E-state index in [-0.39, 0.29) is 11.9 Å². The Morgan fingerprint density at radius 1 is 0.864 bits per heavy atom. The van der Waals surface area contributed by atoms with Gasteiger partial charge in [0.2, 0.25) is 0 Å². The lowest BCUT2D eigenvalue weighted by atomic mass is 10.2. The fourth-order valence-corrected chi connectivity index (χ4v) is 1.88. The van der Waals surface area contributed by atoms with Gasteiger partial charge in [0.15, 0.2) is 0 Å². The van der Waals surface area contributed by atoms with Gasteiger partial charge in [0.05, 0.1) is 0 Å². The zero-order valence-electron chi connectivity index (χ0n) is 11.8. The molecular formula is C16H16ClN3O2. The molecule has 0 saturated carbocycles. The van der Waals surface area contributed by atoms with E-state index in [4.69, 9.17) is 11.6 Å². The number of carbonyl (C=O) groups is 2. The minimum atomic E-state index is -0.337. The highest BCUT2D eigenvalue weighted by atomic mass is 35.5. The van der Waals surface area contributed by atoms with Crippen molar-refractivity contribution in [2.45, 2.75) is 0 Å². The maximum atomic E-state index is 11.8. The first kappa shape index (κ1) is 15.9. The molecule has 0 unspecified atom stereocenters. The van der Waals surface area contributed by atoms with E-state index in [1.54, 1.807) is 48.5 Å². The number of halogens is 1. The average molecular weight is 318 g/mol. The Labute approximate surface area is 133 Å². The van der Waals surface area contributed by atoms with Crippen molar-refractivity contribution in [1.82, 2.24) is 10.6 Å². The van der Waals surface area contributed by atoms with Crippen LogP contribution in [0.2, 0.25) is 5.02 Å². The first-order valence-electron chi connectivity index (χ1n) is 6.79. The molecule has 114 valence electrons. The van der Waals surface area contributed by atoms with Gasteiger partial charge < -0.3 is 16.0 Å². The predicted octanol–water partition coefficient (Wildman–Crippen LogP) is 2.89. The quantitative estimate of drug-likeness (QED) is 0.742. The average Bonchev–Trinajstić information content (AvgIpc) is 2.54. The normalized spacial score (nSPS) is 9.86. The van der Waals surface area contributed by atoms with Crippen molar-refractivity contribution in [2.24, 2.45) is 0 Å². The summed E-state index contributed by atoms with van der Waals surface area (Å²) in [6.07, 6.45) is 0. The fourth-order valence-electron chi connectivity index (χ4n) is 1.75. The molecule has 22 heavy (non-hydrogen) atoms. The number of hydrogen-bond donors (Lipinski definition) is 3. The maximum absolute atomic E-state index is 11.8. The van der Waals surface area contributed by atoms with Crippen molar-refractivity contribution in [3.63, 3.8) is 0 Å². The second-order valence-electron chi connectivity index (χ2n) is 4.51. The van der Waals surface area contributed by atoms with Gasteiger partial charge in [-0.2, -0.15) is 0 Å². The number of anilines is 1. The van der Waals surface area contributed by atoms with E-state index in [0.29, 0.717) is 29.4 Å². The molecule has 0 heterocycles. The summed E-state index contributed by atoms with van der Waals surface area (Å²) < 4.78 is 0. The Hall–Kier alpha value is -2.53. The molecule has 0 spiro atoms. The van der Waals surface area contributed by atoms with Crippen LogP contribution in [0.15, 0.2) is 54.6 Å². The minimum absolute atomic E-state index is 0.166. The number of urea groups is 1. The number of carbonyl (C=O) groups excluding carboxylic acids is 2. The van der Waals surface area contributed by atoms with E-state index < -0.39 is 0 Å². The molecule has 3 N–H and O–H groups in total. The van der Waals surface area contributed by atoms with Crippen LogP contribution >= 0.6 is 11.6 Å². The standard InChI is InChI=1S/C16H16ClN3O2/c17-13-6-8-14(9-7-13)20-16(22)19-11-10-18-15(21)12-4-2-1-3-5-12/h1-9H,10-11H2,(H,18,21)(H2,19,20,22). The summed E-state index contributed by atoms with van der Waals surface area (Å²) in [5.74, 6) is -0.166. The SMILES string of the molecule is O=C(NCCNC(=O)c1ccccc1)Nc1ccc(Cl)cc1. The van der Waals surface area contributed by atoms with Crippen LogP contribution in [0, 0.1) is 0 Å². The summed E-state index contributed by atoms with van der Waals surface area (Å²) in [4.78, 5) is 23.4. The van der Waals surface area contributed by atoms with Crippen LogP contribution in [-0.4, -0.2) is 25.0 Å². The molecule has 0 radical (unpaired) electrons. The molecule has 2 aromatic rings. The molecule has 0 saturated heterocycles. The van der Waals surface area contributed by atoms with Gasteiger partial charge in [0.25, 0.3) is 5.91 Å². The van der Waals surface area contributed by atoms with Gasteiger partial charge in [0.1, 0.15) is 0 Å². The Kier molecular flexibility index (Phi) is 5.80. The molecule has 0 aliphatic rings. The number of nitrogens with one attached hydrogen (secondary N) is 3. The number of rotatable bonds is 5. The summed E-state index contributed by atoms with van der Waals surface area (Å²) in [7, 11) is 0. The highest BCUT2D eigenvalue weighted by Gasteiger charge is 2.04. The molecule has 2 aromatic carbocycles. The van der Waals surface area contributed by atoms with Gasteiger partial charge >= 0.3 is 6.03 Å². The lowest BCUT2D eigenvalue weighted by Gasteiger charge is -2.08. The molecule has 0 atom stereocenters. The highest BCUT2D eigenvalue weighted by Crippen LogP contribution is 2.12. The lowest BCUT2D eigenvalue weighted by Crippen LogP contribution is -2.36. The van der Waals surface area contributed by atoms with Crippen molar-refractivity contribution in [2.75, 3.05) is 18.4 Å². The Morgan fingerprint density at radius 3 is 2.18 bits per heavy atom. The van der Waals surface area contributed by atoms with Crippen molar-refractivity contribution in [3.8, 4) is 0 Å². The van der Waals surface area contributed by atoms with Crippen LogP contribution < -0.4 is 16.0 Å². The third kappa shape index (κ3) is 5.10. The van der Waals surface area contributed by atoms with Gasteiger partial charge in [-0.05, 0) is 36.4 Å². The van der Waals surface area contributed by atoms with Crippen LogP contribution in [0.5, 0.6) is 0 Å². The maximum Gasteiger partial charge on any atom is 0.319 e. The molecule has 6 heteroatoms. The Morgan fingerprint density at radius 2 is 1.50 bits per heavy atom. The van der Waals surface area contributed by atoms with Crippen LogP contribution in [0.3, 0.4) is 0 Å². The first-order chi connectivity index (χ1) is 10.6. The zero-order chi connectivity index (χ0) is 15.8. The van der Waals surface area contributed by atoms with E-state index in [1.807, 2.05) is 6.07 Å². The lowest BCUT2D eigenvalue weighted by molar-refractivity contribution is 0.0954. The largest absolute Gasteiger partial charge is 0.350 e. The zero-order valence-corrected chi connectivity index (χ0v) is 12.6. The van der Waals surface area contributed by atoms with E-state index in [1.165, 1.54) is 0 Å². The number of amides is 3. The van der Waals surface area contributed by atoms with E-state index in [2.05, 4.69) is 16.0 Å². The smallest absolute Gasteiger partial charge is 0.319 e. The Balaban J connectivity index is 1.67. The summed E-state index contributed by atoms with van der Waals surface area (Å²) >= 11 is 5.76. The molecule has 0 aromatic heterocycles. The fraction of sp³-hybridized carbons (Fsp3) is 0.125.